The number of hydrogen-bond donors (Lipinski definition) is 3. The number of nitrogens with one attached hydrogen (secondary N) is 2. The first kappa shape index (κ1) is 30.4. The normalized spacial score (nSPS) is 11.8. The first-order valence-electron chi connectivity index (χ1n) is 13.9. The Morgan fingerprint density at radius 3 is 2.32 bits per heavy atom. The number of halogens is 1. The Morgan fingerprint density at radius 1 is 0.955 bits per heavy atom. The molecule has 0 saturated carbocycles. The molecule has 5 rings (SSSR count). The van der Waals surface area contributed by atoms with Gasteiger partial charge in [0.2, 0.25) is 10.0 Å². The van der Waals surface area contributed by atoms with E-state index in [1.807, 2.05) is 44.2 Å². The molecule has 0 spiro atoms. The van der Waals surface area contributed by atoms with Gasteiger partial charge in [-0.3, -0.25) is 9.52 Å². The summed E-state index contributed by atoms with van der Waals surface area (Å²) < 4.78 is 43.3. The van der Waals surface area contributed by atoms with Gasteiger partial charge in [0.05, 0.1) is 28.7 Å². The molecule has 3 N–H and O–H groups in total. The summed E-state index contributed by atoms with van der Waals surface area (Å²) >= 11 is 0. The largest absolute Gasteiger partial charge is 0.478 e. The van der Waals surface area contributed by atoms with Crippen LogP contribution in [0, 0.1) is 5.82 Å². The van der Waals surface area contributed by atoms with Crippen molar-refractivity contribution in [2.45, 2.75) is 32.7 Å². The summed E-state index contributed by atoms with van der Waals surface area (Å²) in [6.45, 7) is 5.53. The summed E-state index contributed by atoms with van der Waals surface area (Å²) in [5.41, 5.74) is 2.06. The average Bonchev–Trinajstić information content (AvgIpc) is 3.36. The van der Waals surface area contributed by atoms with Crippen molar-refractivity contribution < 1.29 is 27.5 Å². The lowest BCUT2D eigenvalue weighted by Crippen LogP contribution is -2.40. The van der Waals surface area contributed by atoms with Gasteiger partial charge in [0.15, 0.2) is 0 Å². The van der Waals surface area contributed by atoms with Gasteiger partial charge in [0.1, 0.15) is 17.1 Å². The molecule has 0 unspecified atom stereocenters. The molecule has 44 heavy (non-hydrogen) atoms. The third kappa shape index (κ3) is 6.32. The third-order valence-electron chi connectivity index (χ3n) is 7.20. The average molecular weight is 615 g/mol. The minimum absolute atomic E-state index is 0.0910. The number of carbonyl (C=O) groups is 2. The van der Waals surface area contributed by atoms with Crippen LogP contribution in [0.4, 0.5) is 10.1 Å². The van der Waals surface area contributed by atoms with Crippen molar-refractivity contribution in [2.75, 3.05) is 10.5 Å². The lowest BCUT2D eigenvalue weighted by molar-refractivity contribution is 0.0699. The van der Waals surface area contributed by atoms with Crippen LogP contribution in [0.15, 0.2) is 91.1 Å². The molecule has 5 aromatic rings. The van der Waals surface area contributed by atoms with Crippen molar-refractivity contribution in [2.24, 2.45) is 0 Å². The van der Waals surface area contributed by atoms with Gasteiger partial charge in [0.25, 0.3) is 5.91 Å². The lowest BCUT2D eigenvalue weighted by Gasteiger charge is -2.27. The summed E-state index contributed by atoms with van der Waals surface area (Å²) in [7, 11) is -3.77. The number of carboxylic acid groups (broad SMARTS) is 1. The topological polar surface area (TPSA) is 130 Å². The number of amides is 1. The molecule has 0 aliphatic carbocycles. The van der Waals surface area contributed by atoms with Gasteiger partial charge < -0.3 is 10.4 Å². The summed E-state index contributed by atoms with van der Waals surface area (Å²) in [4.78, 5) is 25.9. The Bertz CT molecular complexity index is 1970. The van der Waals surface area contributed by atoms with Crippen molar-refractivity contribution in [3.63, 3.8) is 0 Å². The molecular weight excluding hydrogens is 583 g/mol. The second-order valence-corrected chi connectivity index (χ2v) is 12.8. The molecule has 0 radical (unpaired) electrons. The van der Waals surface area contributed by atoms with E-state index in [9.17, 15) is 27.5 Å². The van der Waals surface area contributed by atoms with Crippen LogP contribution in [0.5, 0.6) is 0 Å². The van der Waals surface area contributed by atoms with Crippen LogP contribution >= 0.6 is 0 Å². The zero-order valence-electron chi connectivity index (χ0n) is 24.3. The number of aromatic carboxylic acids is 1. The molecule has 0 aliphatic heterocycles. The van der Waals surface area contributed by atoms with Crippen molar-refractivity contribution in [3.8, 4) is 22.4 Å². The van der Waals surface area contributed by atoms with Gasteiger partial charge in [0, 0.05) is 16.7 Å². The Balaban J connectivity index is 1.64. The van der Waals surface area contributed by atoms with E-state index in [0.29, 0.717) is 28.7 Å². The predicted molar refractivity (Wildman–Crippen MR) is 168 cm³/mol. The fourth-order valence-electron chi connectivity index (χ4n) is 5.03. The lowest BCUT2D eigenvalue weighted by atomic mass is 9.93. The molecule has 2 heterocycles. The minimum atomic E-state index is -3.77. The van der Waals surface area contributed by atoms with E-state index in [-0.39, 0.29) is 34.1 Å². The zero-order valence-corrected chi connectivity index (χ0v) is 25.2. The van der Waals surface area contributed by atoms with Gasteiger partial charge in [-0.25, -0.2) is 22.1 Å². The first-order chi connectivity index (χ1) is 20.9. The number of rotatable bonds is 10. The molecule has 2 aromatic heterocycles. The number of anilines is 1. The number of aromatic nitrogens is 2. The minimum Gasteiger partial charge on any atom is -0.478 e. The monoisotopic (exact) mass is 614 g/mol. The predicted octanol–water partition coefficient (Wildman–Crippen LogP) is 6.32. The molecule has 0 bridgehead atoms. The highest BCUT2D eigenvalue weighted by atomic mass is 32.2. The third-order valence-corrected chi connectivity index (χ3v) is 8.67. The van der Waals surface area contributed by atoms with E-state index in [4.69, 9.17) is 0 Å². The number of nitrogens with zero attached hydrogens (tertiary/aromatic N) is 2. The van der Waals surface area contributed by atoms with Crippen LogP contribution in [0.2, 0.25) is 0 Å². The fraction of sp³-hybridized carbons (Fsp3) is 0.182. The van der Waals surface area contributed by atoms with Crippen LogP contribution in [0.3, 0.4) is 0 Å². The standard InChI is InChI=1S/C33H31FN4O5S/c1-4-17-44(42,43)37-27-20-38-28(29(32(40)41)30(36-38)21-13-15-25(34)16-14-21)19-26(27)22-9-8-10-23(18-22)31(39)35-33(2,3)24-11-6-5-7-12-24/h5-16,18-20,37H,4,17H2,1-3H3,(H,35,39)(H,40,41). The van der Waals surface area contributed by atoms with Crippen LogP contribution in [-0.2, 0) is 15.6 Å². The van der Waals surface area contributed by atoms with E-state index >= 15 is 0 Å². The highest BCUT2D eigenvalue weighted by Crippen LogP contribution is 2.35. The Kier molecular flexibility index (Phi) is 8.25. The van der Waals surface area contributed by atoms with Gasteiger partial charge in [-0.05, 0) is 73.9 Å². The molecule has 9 nitrogen and oxygen atoms in total. The maximum absolute atomic E-state index is 13.6. The van der Waals surface area contributed by atoms with Crippen molar-refractivity contribution >= 4 is 33.1 Å². The summed E-state index contributed by atoms with van der Waals surface area (Å²) in [5.74, 6) is -2.23. The van der Waals surface area contributed by atoms with E-state index < -0.39 is 27.3 Å². The highest BCUT2D eigenvalue weighted by Gasteiger charge is 2.26. The van der Waals surface area contributed by atoms with E-state index in [2.05, 4.69) is 15.1 Å². The fourth-order valence-corrected chi connectivity index (χ4v) is 6.17. The van der Waals surface area contributed by atoms with E-state index in [0.717, 1.165) is 5.56 Å². The number of sulfonamides is 1. The smallest absolute Gasteiger partial charge is 0.340 e. The number of carboxylic acids is 1. The molecular formula is C33H31FN4O5S. The maximum atomic E-state index is 13.6. The van der Waals surface area contributed by atoms with Crippen molar-refractivity contribution in [1.29, 1.82) is 0 Å². The van der Waals surface area contributed by atoms with Gasteiger partial charge in [-0.1, -0.05) is 49.4 Å². The summed E-state index contributed by atoms with van der Waals surface area (Å²) in [6.07, 6.45) is 1.78. The van der Waals surface area contributed by atoms with Crippen LogP contribution in [-0.4, -0.2) is 40.8 Å². The Labute approximate surface area is 254 Å². The molecule has 0 saturated heterocycles. The SMILES string of the molecule is CCCS(=O)(=O)Nc1cn2nc(-c3ccc(F)cc3)c(C(=O)O)c2cc1-c1cccc(C(=O)NC(C)(C)c2ccccc2)c1. The second kappa shape index (κ2) is 11.9. The van der Waals surface area contributed by atoms with Gasteiger partial charge >= 0.3 is 5.97 Å². The van der Waals surface area contributed by atoms with Crippen molar-refractivity contribution in [3.05, 3.63) is 114 Å². The quantitative estimate of drug-likeness (QED) is 0.169. The van der Waals surface area contributed by atoms with Crippen LogP contribution in [0.1, 0.15) is 53.5 Å². The van der Waals surface area contributed by atoms with Crippen LogP contribution in [0.25, 0.3) is 27.9 Å². The first-order valence-corrected chi connectivity index (χ1v) is 15.6. The molecule has 0 fully saturated rings. The van der Waals surface area contributed by atoms with Gasteiger partial charge in [-0.15, -0.1) is 0 Å². The maximum Gasteiger partial charge on any atom is 0.340 e. The number of fused-ring (bicyclic) bond motifs is 1. The number of benzene rings is 3. The summed E-state index contributed by atoms with van der Waals surface area (Å²) in [5, 5.41) is 17.7. The van der Waals surface area contributed by atoms with Gasteiger partial charge in [-0.2, -0.15) is 5.10 Å². The molecule has 0 aliphatic rings. The van der Waals surface area contributed by atoms with E-state index in [1.54, 1.807) is 31.2 Å². The van der Waals surface area contributed by atoms with E-state index in [1.165, 1.54) is 41.0 Å². The molecule has 1 amide bonds. The number of carbonyl (C=O) groups excluding carboxylic acids is 1. The number of pyridine rings is 1. The number of hydrogen-bond acceptors (Lipinski definition) is 5. The van der Waals surface area contributed by atoms with Crippen LogP contribution < -0.4 is 10.0 Å². The Hall–Kier alpha value is -5.03. The van der Waals surface area contributed by atoms with Crippen molar-refractivity contribution in [1.82, 2.24) is 14.9 Å². The zero-order chi connectivity index (χ0) is 31.6. The molecule has 0 atom stereocenters. The molecule has 3 aromatic carbocycles. The second-order valence-electron chi connectivity index (χ2n) is 10.9. The molecule has 226 valence electrons. The Morgan fingerprint density at radius 2 is 1.66 bits per heavy atom. The highest BCUT2D eigenvalue weighted by molar-refractivity contribution is 7.92. The molecule has 11 heteroatoms. The summed E-state index contributed by atoms with van der Waals surface area (Å²) in [6, 6.07) is 23.0.